The lowest BCUT2D eigenvalue weighted by molar-refractivity contribution is 0.245. The first-order valence-electron chi connectivity index (χ1n) is 6.88. The van der Waals surface area contributed by atoms with Crippen molar-refractivity contribution in [3.8, 4) is 0 Å². The van der Waals surface area contributed by atoms with Gasteiger partial charge in [0.2, 0.25) is 0 Å². The summed E-state index contributed by atoms with van der Waals surface area (Å²) in [5.74, 6) is 0.544. The van der Waals surface area contributed by atoms with Crippen molar-refractivity contribution in [1.82, 2.24) is 25.3 Å². The summed E-state index contributed by atoms with van der Waals surface area (Å²) in [5, 5.41) is 12.8. The third kappa shape index (κ3) is 2.93. The maximum absolute atomic E-state index is 9.48. The molecule has 0 unspecified atom stereocenters. The molecule has 0 aliphatic heterocycles. The van der Waals surface area contributed by atoms with Gasteiger partial charge in [-0.2, -0.15) is 0 Å². The number of allylic oxidation sites excluding steroid dienone is 1. The van der Waals surface area contributed by atoms with Crippen LogP contribution in [0.25, 0.3) is 5.57 Å². The van der Waals surface area contributed by atoms with Crippen molar-refractivity contribution < 1.29 is 5.11 Å². The fourth-order valence-corrected chi connectivity index (χ4v) is 2.50. The molecule has 1 aliphatic carbocycles. The Labute approximate surface area is 122 Å². The van der Waals surface area contributed by atoms with Crippen molar-refractivity contribution in [2.24, 2.45) is 0 Å². The second kappa shape index (κ2) is 6.02. The summed E-state index contributed by atoms with van der Waals surface area (Å²) in [7, 11) is 0. The van der Waals surface area contributed by atoms with Gasteiger partial charge >= 0.3 is 0 Å². The molecule has 0 aromatic carbocycles. The Morgan fingerprint density at radius 1 is 1.43 bits per heavy atom. The number of rotatable bonds is 6. The molecular formula is C14H18N6O. The van der Waals surface area contributed by atoms with E-state index in [1.165, 1.54) is 6.33 Å². The number of imidazole rings is 1. The molecule has 1 atom stereocenters. The van der Waals surface area contributed by atoms with E-state index in [0.29, 0.717) is 18.8 Å². The number of hydrogen-bond donors (Lipinski definition) is 4. The first kappa shape index (κ1) is 13.7. The molecule has 2 heterocycles. The zero-order valence-electron chi connectivity index (χ0n) is 11.6. The topological polar surface area (TPSA) is 113 Å². The number of aromatic amines is 1. The number of nitrogen functional groups attached to an aromatic ring is 1. The highest BCUT2D eigenvalue weighted by Crippen LogP contribution is 2.27. The number of hydrogen-bond acceptors (Lipinski definition) is 6. The fourth-order valence-electron chi connectivity index (χ4n) is 2.50. The van der Waals surface area contributed by atoms with Crippen LogP contribution in [-0.2, 0) is 12.8 Å². The predicted molar refractivity (Wildman–Crippen MR) is 79.3 cm³/mol. The SMILES string of the molecule is Nc1ncnc2c1CC=C2CN[C@H](CO)Cc1cnc[nH]1. The van der Waals surface area contributed by atoms with Crippen LogP contribution in [0.2, 0.25) is 0 Å². The highest BCUT2D eigenvalue weighted by Gasteiger charge is 2.19. The minimum atomic E-state index is -0.0328. The molecule has 7 nitrogen and oxygen atoms in total. The Balaban J connectivity index is 1.62. The monoisotopic (exact) mass is 286 g/mol. The molecule has 0 saturated carbocycles. The summed E-state index contributed by atoms with van der Waals surface area (Å²) in [6, 6.07) is -0.0328. The second-order valence-electron chi connectivity index (χ2n) is 5.06. The van der Waals surface area contributed by atoms with E-state index in [-0.39, 0.29) is 12.6 Å². The fraction of sp³-hybridized carbons (Fsp3) is 0.357. The third-order valence-corrected chi connectivity index (χ3v) is 3.66. The molecule has 2 aromatic rings. The van der Waals surface area contributed by atoms with E-state index < -0.39 is 0 Å². The number of aliphatic hydroxyl groups is 1. The van der Waals surface area contributed by atoms with Crippen LogP contribution in [0.4, 0.5) is 5.82 Å². The highest BCUT2D eigenvalue weighted by atomic mass is 16.3. The summed E-state index contributed by atoms with van der Waals surface area (Å²) in [6.45, 7) is 0.702. The molecule has 1 aliphatic rings. The normalized spacial score (nSPS) is 14.8. The number of H-pyrrole nitrogens is 1. The van der Waals surface area contributed by atoms with E-state index >= 15 is 0 Å². The van der Waals surface area contributed by atoms with Crippen LogP contribution >= 0.6 is 0 Å². The summed E-state index contributed by atoms with van der Waals surface area (Å²) in [6.07, 6.45) is 8.46. The van der Waals surface area contributed by atoms with Gasteiger partial charge in [-0.15, -0.1) is 0 Å². The van der Waals surface area contributed by atoms with Gasteiger partial charge in [-0.25, -0.2) is 15.0 Å². The standard InChI is InChI=1S/C14H18N6O/c15-14-12-2-1-9(13(12)19-8-20-14)4-17-11(6-21)3-10-5-16-7-18-10/h1,5,7-8,11,17,21H,2-4,6H2,(H,16,18)(H2,15,19,20)/t11-/m0/s1. The molecule has 21 heavy (non-hydrogen) atoms. The lowest BCUT2D eigenvalue weighted by atomic mass is 10.1. The molecule has 0 amide bonds. The number of nitrogens with zero attached hydrogens (tertiary/aromatic N) is 3. The van der Waals surface area contributed by atoms with Gasteiger partial charge in [0.05, 0.1) is 18.6 Å². The quantitative estimate of drug-likeness (QED) is 0.590. The molecule has 0 fully saturated rings. The maximum Gasteiger partial charge on any atom is 0.130 e. The van der Waals surface area contributed by atoms with E-state index in [9.17, 15) is 5.11 Å². The largest absolute Gasteiger partial charge is 0.395 e. The van der Waals surface area contributed by atoms with Gasteiger partial charge in [0.1, 0.15) is 12.1 Å². The third-order valence-electron chi connectivity index (χ3n) is 3.66. The van der Waals surface area contributed by atoms with Crippen molar-refractivity contribution >= 4 is 11.4 Å². The van der Waals surface area contributed by atoms with E-state index in [0.717, 1.165) is 28.9 Å². The van der Waals surface area contributed by atoms with E-state index in [1.54, 1.807) is 12.5 Å². The van der Waals surface area contributed by atoms with Gasteiger partial charge in [-0.1, -0.05) is 6.08 Å². The number of aliphatic hydroxyl groups excluding tert-OH is 1. The van der Waals surface area contributed by atoms with Gasteiger partial charge in [-0.05, 0) is 12.0 Å². The van der Waals surface area contributed by atoms with Crippen molar-refractivity contribution in [3.63, 3.8) is 0 Å². The number of fused-ring (bicyclic) bond motifs is 1. The first-order chi connectivity index (χ1) is 10.3. The molecule has 110 valence electrons. The molecule has 0 bridgehead atoms. The average Bonchev–Trinajstić information content (AvgIpc) is 3.13. The average molecular weight is 286 g/mol. The maximum atomic E-state index is 9.48. The predicted octanol–water partition coefficient (Wildman–Crippen LogP) is -0.0854. The van der Waals surface area contributed by atoms with Crippen LogP contribution in [0.5, 0.6) is 0 Å². The molecule has 7 heteroatoms. The van der Waals surface area contributed by atoms with Crippen LogP contribution < -0.4 is 11.1 Å². The van der Waals surface area contributed by atoms with Gasteiger partial charge in [0.25, 0.3) is 0 Å². The Kier molecular flexibility index (Phi) is 3.94. The van der Waals surface area contributed by atoms with Gasteiger partial charge in [-0.3, -0.25) is 0 Å². The lowest BCUT2D eigenvalue weighted by Gasteiger charge is -2.16. The number of nitrogens with one attached hydrogen (secondary N) is 2. The van der Waals surface area contributed by atoms with E-state index in [1.807, 2.05) is 0 Å². The zero-order valence-corrected chi connectivity index (χ0v) is 11.6. The Hall–Kier alpha value is -2.25. The molecule has 0 saturated heterocycles. The molecule has 0 spiro atoms. The van der Waals surface area contributed by atoms with Crippen LogP contribution in [0.1, 0.15) is 17.0 Å². The van der Waals surface area contributed by atoms with E-state index in [2.05, 4.69) is 31.3 Å². The van der Waals surface area contributed by atoms with Crippen LogP contribution in [-0.4, -0.2) is 44.2 Å². The minimum Gasteiger partial charge on any atom is -0.395 e. The summed E-state index contributed by atoms with van der Waals surface area (Å²) in [4.78, 5) is 15.3. The van der Waals surface area contributed by atoms with Gasteiger partial charge < -0.3 is 21.1 Å². The van der Waals surface area contributed by atoms with Gasteiger partial charge in [0.15, 0.2) is 0 Å². The Morgan fingerprint density at radius 3 is 3.10 bits per heavy atom. The number of anilines is 1. The van der Waals surface area contributed by atoms with Crippen molar-refractivity contribution in [3.05, 3.63) is 41.9 Å². The van der Waals surface area contributed by atoms with Crippen LogP contribution in [0.3, 0.4) is 0 Å². The molecular weight excluding hydrogens is 268 g/mol. The van der Waals surface area contributed by atoms with Crippen molar-refractivity contribution in [1.29, 1.82) is 0 Å². The van der Waals surface area contributed by atoms with Crippen LogP contribution in [0, 0.1) is 0 Å². The number of aromatic nitrogens is 4. The lowest BCUT2D eigenvalue weighted by Crippen LogP contribution is -2.35. The van der Waals surface area contributed by atoms with Crippen molar-refractivity contribution in [2.75, 3.05) is 18.9 Å². The smallest absolute Gasteiger partial charge is 0.130 e. The van der Waals surface area contributed by atoms with Crippen LogP contribution in [0.15, 0.2) is 24.9 Å². The Bertz CT molecular complexity index is 637. The first-order valence-corrected chi connectivity index (χ1v) is 6.88. The molecule has 0 radical (unpaired) electrons. The summed E-state index contributed by atoms with van der Waals surface area (Å²) >= 11 is 0. The molecule has 2 aromatic heterocycles. The Morgan fingerprint density at radius 2 is 2.33 bits per heavy atom. The summed E-state index contributed by atoms with van der Waals surface area (Å²) in [5.41, 5.74) is 9.84. The zero-order chi connectivity index (χ0) is 14.7. The summed E-state index contributed by atoms with van der Waals surface area (Å²) < 4.78 is 0. The molecule has 5 N–H and O–H groups in total. The van der Waals surface area contributed by atoms with E-state index in [4.69, 9.17) is 5.73 Å². The number of nitrogens with two attached hydrogens (primary N) is 1. The van der Waals surface area contributed by atoms with Crippen molar-refractivity contribution in [2.45, 2.75) is 18.9 Å². The molecule has 3 rings (SSSR count). The van der Waals surface area contributed by atoms with Gasteiger partial charge in [0, 0.05) is 36.5 Å². The highest BCUT2D eigenvalue weighted by molar-refractivity contribution is 5.74. The minimum absolute atomic E-state index is 0.0328. The second-order valence-corrected chi connectivity index (χ2v) is 5.06.